The second-order valence-electron chi connectivity index (χ2n) is 4.29. The molecule has 2 aromatic carbocycles. The Morgan fingerprint density at radius 1 is 1.24 bits per heavy atom. The maximum absolute atomic E-state index is 11.0. The summed E-state index contributed by atoms with van der Waals surface area (Å²) in [6.45, 7) is 0. The molecule has 0 aliphatic heterocycles. The normalized spacial score (nSPS) is 10.7. The maximum atomic E-state index is 11.0. The highest BCUT2D eigenvalue weighted by Gasteiger charge is 2.11. The molecule has 0 unspecified atom stereocenters. The molecule has 0 bridgehead atoms. The minimum atomic E-state index is -1.19. The molecule has 3 rings (SSSR count). The van der Waals surface area contributed by atoms with E-state index in [1.807, 2.05) is 12.1 Å². The summed E-state index contributed by atoms with van der Waals surface area (Å²) in [6.07, 6.45) is 0. The zero-order valence-electron chi connectivity index (χ0n) is 10.5. The molecule has 3 N–H and O–H groups in total. The van der Waals surface area contributed by atoms with Crippen LogP contribution in [0.1, 0.15) is 10.4 Å². The highest BCUT2D eigenvalue weighted by Crippen LogP contribution is 2.31. The standard InChI is InChI=1S/C14H9ClN2O3S/c15-7-1-3-10-12(5-7)21-14(17-10)16-8-2-4-11(18)9(6-8)13(19)20/h1-6,18H,(H,16,17)(H,19,20). The minimum absolute atomic E-state index is 0.163. The van der Waals surface area contributed by atoms with E-state index < -0.39 is 5.97 Å². The van der Waals surface area contributed by atoms with Crippen molar-refractivity contribution in [1.29, 1.82) is 0 Å². The van der Waals surface area contributed by atoms with E-state index in [-0.39, 0.29) is 11.3 Å². The Kier molecular flexibility index (Phi) is 3.40. The van der Waals surface area contributed by atoms with Crippen molar-refractivity contribution in [3.63, 3.8) is 0 Å². The number of nitrogens with one attached hydrogen (secondary N) is 1. The summed E-state index contributed by atoms with van der Waals surface area (Å²) < 4.78 is 0.933. The van der Waals surface area contributed by atoms with Crippen LogP contribution >= 0.6 is 22.9 Å². The molecule has 0 saturated heterocycles. The van der Waals surface area contributed by atoms with Gasteiger partial charge in [0.2, 0.25) is 0 Å². The van der Waals surface area contributed by atoms with Crippen LogP contribution < -0.4 is 5.32 Å². The van der Waals surface area contributed by atoms with E-state index in [1.165, 1.54) is 23.5 Å². The lowest BCUT2D eigenvalue weighted by Gasteiger charge is -2.05. The van der Waals surface area contributed by atoms with Gasteiger partial charge in [-0.1, -0.05) is 22.9 Å². The first-order chi connectivity index (χ1) is 10.0. The molecule has 0 fully saturated rings. The van der Waals surface area contributed by atoms with Crippen LogP contribution in [0.4, 0.5) is 10.8 Å². The van der Waals surface area contributed by atoms with E-state index >= 15 is 0 Å². The van der Waals surface area contributed by atoms with E-state index in [0.717, 1.165) is 10.2 Å². The smallest absolute Gasteiger partial charge is 0.339 e. The maximum Gasteiger partial charge on any atom is 0.339 e. The van der Waals surface area contributed by atoms with Crippen LogP contribution in [-0.4, -0.2) is 21.2 Å². The van der Waals surface area contributed by atoms with Crippen molar-refractivity contribution in [1.82, 2.24) is 4.98 Å². The number of rotatable bonds is 3. The van der Waals surface area contributed by atoms with Gasteiger partial charge < -0.3 is 15.5 Å². The predicted octanol–water partition coefficient (Wildman–Crippen LogP) is 4.10. The van der Waals surface area contributed by atoms with Gasteiger partial charge >= 0.3 is 5.97 Å². The van der Waals surface area contributed by atoms with E-state index in [1.54, 1.807) is 12.1 Å². The van der Waals surface area contributed by atoms with Gasteiger partial charge in [0.15, 0.2) is 5.13 Å². The molecule has 106 valence electrons. The Morgan fingerprint density at radius 3 is 2.81 bits per heavy atom. The molecule has 0 saturated carbocycles. The second kappa shape index (κ2) is 5.23. The zero-order chi connectivity index (χ0) is 15.0. The number of anilines is 2. The van der Waals surface area contributed by atoms with Crippen molar-refractivity contribution < 1.29 is 15.0 Å². The number of aromatic hydroxyl groups is 1. The fourth-order valence-electron chi connectivity index (χ4n) is 1.86. The van der Waals surface area contributed by atoms with Crippen LogP contribution in [-0.2, 0) is 0 Å². The number of hydrogen-bond donors (Lipinski definition) is 3. The molecule has 5 nitrogen and oxygen atoms in total. The Balaban J connectivity index is 1.94. The Hall–Kier alpha value is -2.31. The molecule has 3 aromatic rings. The van der Waals surface area contributed by atoms with Crippen molar-refractivity contribution in [2.24, 2.45) is 0 Å². The van der Waals surface area contributed by atoms with Gasteiger partial charge in [-0.05, 0) is 36.4 Å². The van der Waals surface area contributed by atoms with Crippen LogP contribution in [0.15, 0.2) is 36.4 Å². The number of benzene rings is 2. The zero-order valence-corrected chi connectivity index (χ0v) is 12.1. The van der Waals surface area contributed by atoms with E-state index in [0.29, 0.717) is 15.8 Å². The fourth-order valence-corrected chi connectivity index (χ4v) is 3.02. The van der Waals surface area contributed by atoms with Crippen LogP contribution in [0.2, 0.25) is 5.02 Å². The monoisotopic (exact) mass is 320 g/mol. The molecule has 0 radical (unpaired) electrons. The molecular formula is C14H9ClN2O3S. The summed E-state index contributed by atoms with van der Waals surface area (Å²) in [7, 11) is 0. The average molecular weight is 321 g/mol. The lowest BCUT2D eigenvalue weighted by molar-refractivity contribution is 0.0694. The van der Waals surface area contributed by atoms with Crippen LogP contribution in [0.5, 0.6) is 5.75 Å². The van der Waals surface area contributed by atoms with Gasteiger partial charge in [-0.15, -0.1) is 0 Å². The molecule has 0 aliphatic rings. The SMILES string of the molecule is O=C(O)c1cc(Nc2nc3ccc(Cl)cc3s2)ccc1O. The Labute approximate surface area is 128 Å². The van der Waals surface area contributed by atoms with Crippen LogP contribution in [0.25, 0.3) is 10.2 Å². The summed E-state index contributed by atoms with van der Waals surface area (Å²) in [5.74, 6) is -1.46. The number of phenols is 1. The van der Waals surface area contributed by atoms with Crippen LogP contribution in [0, 0.1) is 0 Å². The summed E-state index contributed by atoms with van der Waals surface area (Å²) in [5, 5.41) is 22.7. The Morgan fingerprint density at radius 2 is 2.05 bits per heavy atom. The third-order valence-corrected chi connectivity index (χ3v) is 4.00. The van der Waals surface area contributed by atoms with Crippen molar-refractivity contribution in [3.05, 3.63) is 47.0 Å². The van der Waals surface area contributed by atoms with Crippen molar-refractivity contribution in [3.8, 4) is 5.75 Å². The van der Waals surface area contributed by atoms with Gasteiger partial charge in [0.05, 0.1) is 10.2 Å². The highest BCUT2D eigenvalue weighted by atomic mass is 35.5. The van der Waals surface area contributed by atoms with Crippen molar-refractivity contribution >= 4 is 49.9 Å². The van der Waals surface area contributed by atoms with Gasteiger partial charge in [0, 0.05) is 10.7 Å². The van der Waals surface area contributed by atoms with Gasteiger partial charge in [-0.25, -0.2) is 9.78 Å². The van der Waals surface area contributed by atoms with Gasteiger partial charge in [-0.2, -0.15) is 0 Å². The second-order valence-corrected chi connectivity index (χ2v) is 5.76. The highest BCUT2D eigenvalue weighted by molar-refractivity contribution is 7.22. The van der Waals surface area contributed by atoms with Crippen molar-refractivity contribution in [2.45, 2.75) is 0 Å². The molecule has 0 spiro atoms. The first-order valence-electron chi connectivity index (χ1n) is 5.92. The van der Waals surface area contributed by atoms with Crippen molar-refractivity contribution in [2.75, 3.05) is 5.32 Å². The number of halogens is 1. The Bertz CT molecular complexity index is 847. The number of thiazole rings is 1. The summed E-state index contributed by atoms with van der Waals surface area (Å²) >= 11 is 7.33. The van der Waals surface area contributed by atoms with E-state index in [9.17, 15) is 9.90 Å². The number of carboxylic acids is 1. The number of nitrogens with zero attached hydrogens (tertiary/aromatic N) is 1. The fraction of sp³-hybridized carbons (Fsp3) is 0. The first kappa shape index (κ1) is 13.7. The summed E-state index contributed by atoms with van der Waals surface area (Å²) in [4.78, 5) is 15.4. The number of fused-ring (bicyclic) bond motifs is 1. The van der Waals surface area contributed by atoms with E-state index in [4.69, 9.17) is 16.7 Å². The minimum Gasteiger partial charge on any atom is -0.507 e. The number of carbonyl (C=O) groups is 1. The third kappa shape index (κ3) is 2.76. The molecule has 0 atom stereocenters. The molecule has 0 amide bonds. The molecule has 21 heavy (non-hydrogen) atoms. The summed E-state index contributed by atoms with van der Waals surface area (Å²) in [5.41, 5.74) is 1.18. The first-order valence-corrected chi connectivity index (χ1v) is 7.12. The van der Waals surface area contributed by atoms with E-state index in [2.05, 4.69) is 10.3 Å². The lowest BCUT2D eigenvalue weighted by Crippen LogP contribution is -1.98. The number of carboxylic acid groups (broad SMARTS) is 1. The number of aromatic nitrogens is 1. The quantitative estimate of drug-likeness (QED) is 0.633. The third-order valence-electron chi connectivity index (χ3n) is 2.83. The van der Waals surface area contributed by atoms with Gasteiger partial charge in [0.1, 0.15) is 11.3 Å². The summed E-state index contributed by atoms with van der Waals surface area (Å²) in [6, 6.07) is 9.67. The number of aromatic carboxylic acids is 1. The average Bonchev–Trinajstić information content (AvgIpc) is 2.82. The topological polar surface area (TPSA) is 82.5 Å². The lowest BCUT2D eigenvalue weighted by atomic mass is 10.2. The van der Waals surface area contributed by atoms with Gasteiger partial charge in [0.25, 0.3) is 0 Å². The molecule has 1 aromatic heterocycles. The molecule has 1 heterocycles. The van der Waals surface area contributed by atoms with Gasteiger partial charge in [-0.3, -0.25) is 0 Å². The predicted molar refractivity (Wildman–Crippen MR) is 83.0 cm³/mol. The largest absolute Gasteiger partial charge is 0.507 e. The number of hydrogen-bond acceptors (Lipinski definition) is 5. The molecule has 0 aliphatic carbocycles. The molecular weight excluding hydrogens is 312 g/mol. The molecule has 7 heteroatoms. The van der Waals surface area contributed by atoms with Crippen LogP contribution in [0.3, 0.4) is 0 Å².